The van der Waals surface area contributed by atoms with E-state index in [2.05, 4.69) is 10.3 Å². The Hall–Kier alpha value is -2.63. The number of rotatable bonds is 4. The van der Waals surface area contributed by atoms with Crippen LogP contribution >= 0.6 is 0 Å². The average Bonchev–Trinajstić information content (AvgIpc) is 2.61. The summed E-state index contributed by atoms with van der Waals surface area (Å²) in [6.07, 6.45) is 1.89. The molecule has 0 aromatic heterocycles. The van der Waals surface area contributed by atoms with Gasteiger partial charge in [-0.1, -0.05) is 32.0 Å². The number of hydrogen-bond acceptors (Lipinski definition) is 4. The molecule has 2 rings (SSSR count). The van der Waals surface area contributed by atoms with Gasteiger partial charge in [0.05, 0.1) is 5.69 Å². The molecule has 0 saturated carbocycles. The number of carboxylic acids is 1. The van der Waals surface area contributed by atoms with Crippen LogP contribution in [0.2, 0.25) is 0 Å². The monoisotopic (exact) mass is 301 g/mol. The lowest BCUT2D eigenvalue weighted by molar-refractivity contribution is -0.142. The summed E-state index contributed by atoms with van der Waals surface area (Å²) >= 11 is 0. The van der Waals surface area contributed by atoms with Crippen LogP contribution in [-0.4, -0.2) is 28.9 Å². The summed E-state index contributed by atoms with van der Waals surface area (Å²) < 4.78 is 0. The Morgan fingerprint density at radius 2 is 2.00 bits per heavy atom. The summed E-state index contributed by atoms with van der Waals surface area (Å²) in [5, 5.41) is 11.7. The van der Waals surface area contributed by atoms with E-state index < -0.39 is 17.9 Å². The van der Waals surface area contributed by atoms with E-state index in [0.717, 1.165) is 5.56 Å². The standard InChI is InChI=1S/C16H19N3O3/c1-9(2)14(16(21)22)19-15(20)11-7-10-5-3-4-6-12(10)18-13(17)8-11/h3-7,9,14H,8H2,1-2H3,(H2,17,18)(H,19,20)(H,21,22). The molecule has 0 bridgehead atoms. The summed E-state index contributed by atoms with van der Waals surface area (Å²) in [7, 11) is 0. The van der Waals surface area contributed by atoms with Crippen LogP contribution in [0.5, 0.6) is 0 Å². The molecular formula is C16H19N3O3. The van der Waals surface area contributed by atoms with Crippen LogP contribution in [0, 0.1) is 5.92 Å². The first-order valence-corrected chi connectivity index (χ1v) is 7.04. The molecule has 1 aliphatic heterocycles. The highest BCUT2D eigenvalue weighted by atomic mass is 16.4. The molecule has 1 atom stereocenters. The van der Waals surface area contributed by atoms with Crippen LogP contribution in [-0.2, 0) is 9.59 Å². The smallest absolute Gasteiger partial charge is 0.326 e. The van der Waals surface area contributed by atoms with E-state index in [1.54, 1.807) is 19.9 Å². The van der Waals surface area contributed by atoms with Crippen LogP contribution in [0.4, 0.5) is 5.69 Å². The van der Waals surface area contributed by atoms with E-state index in [-0.39, 0.29) is 12.3 Å². The molecule has 0 fully saturated rings. The Labute approximate surface area is 128 Å². The fraction of sp³-hybridized carbons (Fsp3) is 0.312. The quantitative estimate of drug-likeness (QED) is 0.787. The molecule has 0 spiro atoms. The summed E-state index contributed by atoms with van der Waals surface area (Å²) in [4.78, 5) is 27.8. The first-order valence-electron chi connectivity index (χ1n) is 7.04. The minimum absolute atomic E-state index is 0.185. The number of benzene rings is 1. The second-order valence-corrected chi connectivity index (χ2v) is 5.54. The van der Waals surface area contributed by atoms with Gasteiger partial charge in [-0.3, -0.25) is 4.79 Å². The van der Waals surface area contributed by atoms with Crippen molar-refractivity contribution in [1.29, 1.82) is 0 Å². The number of carbonyl (C=O) groups excluding carboxylic acids is 1. The highest BCUT2D eigenvalue weighted by Gasteiger charge is 2.25. The van der Waals surface area contributed by atoms with Crippen LogP contribution in [0.1, 0.15) is 25.8 Å². The number of para-hydroxylation sites is 1. The van der Waals surface area contributed by atoms with Gasteiger partial charge in [0.1, 0.15) is 11.9 Å². The van der Waals surface area contributed by atoms with Gasteiger partial charge < -0.3 is 16.2 Å². The average molecular weight is 301 g/mol. The topological polar surface area (TPSA) is 105 Å². The SMILES string of the molecule is CC(C)C(NC(=O)C1=Cc2ccccc2N=C(N)C1)C(=O)O. The van der Waals surface area contributed by atoms with Crippen molar-refractivity contribution >= 4 is 29.5 Å². The molecular weight excluding hydrogens is 282 g/mol. The maximum Gasteiger partial charge on any atom is 0.326 e. The van der Waals surface area contributed by atoms with Gasteiger partial charge in [0.15, 0.2) is 0 Å². The van der Waals surface area contributed by atoms with Gasteiger partial charge in [0.2, 0.25) is 5.91 Å². The van der Waals surface area contributed by atoms with Crippen LogP contribution in [0.15, 0.2) is 34.8 Å². The van der Waals surface area contributed by atoms with Crippen molar-refractivity contribution < 1.29 is 14.7 Å². The molecule has 6 heteroatoms. The van der Waals surface area contributed by atoms with Crippen LogP contribution < -0.4 is 11.1 Å². The Morgan fingerprint density at radius 3 is 2.64 bits per heavy atom. The largest absolute Gasteiger partial charge is 0.480 e. The van der Waals surface area contributed by atoms with Gasteiger partial charge in [-0.05, 0) is 18.1 Å². The van der Waals surface area contributed by atoms with Crippen LogP contribution in [0.3, 0.4) is 0 Å². The summed E-state index contributed by atoms with van der Waals surface area (Å²) in [5.74, 6) is -1.38. The number of aliphatic carboxylic acids is 1. The number of carboxylic acid groups (broad SMARTS) is 1. The van der Waals surface area contributed by atoms with Gasteiger partial charge in [-0.25, -0.2) is 9.79 Å². The zero-order valence-corrected chi connectivity index (χ0v) is 12.5. The van der Waals surface area contributed by atoms with Gasteiger partial charge in [-0.15, -0.1) is 0 Å². The van der Waals surface area contributed by atoms with Crippen molar-refractivity contribution in [3.05, 3.63) is 35.4 Å². The number of nitrogens with zero attached hydrogens (tertiary/aromatic N) is 1. The van der Waals surface area contributed by atoms with E-state index in [4.69, 9.17) is 5.73 Å². The number of aliphatic imine (C=N–C) groups is 1. The lowest BCUT2D eigenvalue weighted by atomic mass is 10.0. The maximum absolute atomic E-state index is 12.4. The third kappa shape index (κ3) is 3.52. The van der Waals surface area contributed by atoms with E-state index >= 15 is 0 Å². The number of fused-ring (bicyclic) bond motifs is 1. The molecule has 4 N–H and O–H groups in total. The molecule has 1 aliphatic rings. The van der Waals surface area contributed by atoms with Gasteiger partial charge in [-0.2, -0.15) is 0 Å². The number of nitrogens with two attached hydrogens (primary N) is 1. The molecule has 116 valence electrons. The minimum atomic E-state index is -1.06. The fourth-order valence-corrected chi connectivity index (χ4v) is 2.23. The first-order chi connectivity index (χ1) is 10.4. The molecule has 1 aromatic carbocycles. The molecule has 0 aliphatic carbocycles. The molecule has 6 nitrogen and oxygen atoms in total. The van der Waals surface area contributed by atoms with Crippen molar-refractivity contribution in [3.63, 3.8) is 0 Å². The van der Waals surface area contributed by atoms with Gasteiger partial charge in [0, 0.05) is 17.6 Å². The van der Waals surface area contributed by atoms with Crippen LogP contribution in [0.25, 0.3) is 6.08 Å². The molecule has 0 radical (unpaired) electrons. The van der Waals surface area contributed by atoms with E-state index in [1.165, 1.54) is 0 Å². The normalized spacial score (nSPS) is 15.2. The molecule has 1 unspecified atom stereocenters. The van der Waals surface area contributed by atoms with E-state index in [1.807, 2.05) is 24.3 Å². The van der Waals surface area contributed by atoms with Gasteiger partial charge >= 0.3 is 5.97 Å². The van der Waals surface area contributed by atoms with Gasteiger partial charge in [0.25, 0.3) is 0 Å². The second-order valence-electron chi connectivity index (χ2n) is 5.54. The van der Waals surface area contributed by atoms with E-state index in [0.29, 0.717) is 17.1 Å². The second kappa shape index (κ2) is 6.43. The van der Waals surface area contributed by atoms with E-state index in [9.17, 15) is 14.7 Å². The number of nitrogens with one attached hydrogen (secondary N) is 1. The molecule has 1 aromatic rings. The lowest BCUT2D eigenvalue weighted by Gasteiger charge is -2.18. The molecule has 1 heterocycles. The maximum atomic E-state index is 12.4. The number of carbonyl (C=O) groups is 2. The van der Waals surface area contributed by atoms with Crippen molar-refractivity contribution in [2.75, 3.05) is 0 Å². The predicted molar refractivity (Wildman–Crippen MR) is 84.7 cm³/mol. The zero-order chi connectivity index (χ0) is 16.3. The molecule has 0 saturated heterocycles. The fourth-order valence-electron chi connectivity index (χ4n) is 2.23. The highest BCUT2D eigenvalue weighted by molar-refractivity contribution is 6.06. The number of amidine groups is 1. The Kier molecular flexibility index (Phi) is 4.60. The first kappa shape index (κ1) is 15.8. The zero-order valence-electron chi connectivity index (χ0n) is 12.5. The summed E-state index contributed by atoms with van der Waals surface area (Å²) in [5.41, 5.74) is 7.72. The van der Waals surface area contributed by atoms with Crippen molar-refractivity contribution in [2.24, 2.45) is 16.6 Å². The Bertz CT molecular complexity index is 662. The number of amides is 1. The summed E-state index contributed by atoms with van der Waals surface area (Å²) in [6.45, 7) is 3.48. The number of hydrogen-bond donors (Lipinski definition) is 3. The lowest BCUT2D eigenvalue weighted by Crippen LogP contribution is -2.45. The van der Waals surface area contributed by atoms with Crippen molar-refractivity contribution in [1.82, 2.24) is 5.32 Å². The third-order valence-electron chi connectivity index (χ3n) is 3.41. The van der Waals surface area contributed by atoms with Crippen molar-refractivity contribution in [3.8, 4) is 0 Å². The Balaban J connectivity index is 2.29. The minimum Gasteiger partial charge on any atom is -0.480 e. The third-order valence-corrected chi connectivity index (χ3v) is 3.41. The highest BCUT2D eigenvalue weighted by Crippen LogP contribution is 2.26. The molecule has 1 amide bonds. The van der Waals surface area contributed by atoms with Crippen molar-refractivity contribution in [2.45, 2.75) is 26.3 Å². The Morgan fingerprint density at radius 1 is 1.32 bits per heavy atom. The molecule has 22 heavy (non-hydrogen) atoms. The predicted octanol–water partition coefficient (Wildman–Crippen LogP) is 1.69. The summed E-state index contributed by atoms with van der Waals surface area (Å²) in [6, 6.07) is 6.39.